The number of carbonyl (C=O) groups is 1. The first-order valence-electron chi connectivity index (χ1n) is 10.9. The van der Waals surface area contributed by atoms with Crippen LogP contribution in [0.2, 0.25) is 0 Å². The van der Waals surface area contributed by atoms with E-state index in [9.17, 15) is 9.59 Å². The van der Waals surface area contributed by atoms with Crippen LogP contribution < -0.4 is 15.7 Å². The maximum Gasteiger partial charge on any atom is 0.339 e. The Balaban J connectivity index is 1.36. The lowest BCUT2D eigenvalue weighted by Crippen LogP contribution is -2.17. The molecule has 5 rings (SSSR count). The highest BCUT2D eigenvalue weighted by atomic mass is 32.1. The molecular weight excluding hydrogens is 448 g/mol. The van der Waals surface area contributed by atoms with Gasteiger partial charge in [-0.25, -0.2) is 9.78 Å². The minimum atomic E-state index is -0.430. The van der Waals surface area contributed by atoms with Gasteiger partial charge in [-0.3, -0.25) is 4.79 Å². The molecule has 2 aromatic heterocycles. The van der Waals surface area contributed by atoms with Gasteiger partial charge in [0.1, 0.15) is 16.3 Å². The lowest BCUT2D eigenvalue weighted by molar-refractivity contribution is -0.116. The number of ether oxygens (including phenoxy) is 1. The maximum atomic E-state index is 12.8. The zero-order valence-corrected chi connectivity index (χ0v) is 19.6. The Morgan fingerprint density at radius 3 is 2.71 bits per heavy atom. The van der Waals surface area contributed by atoms with Crippen molar-refractivity contribution in [3.05, 3.63) is 88.3 Å². The van der Waals surface area contributed by atoms with Crippen LogP contribution in [-0.4, -0.2) is 18.0 Å². The molecule has 0 aliphatic carbocycles. The number of rotatable bonds is 6. The van der Waals surface area contributed by atoms with Crippen LogP contribution in [0.15, 0.2) is 75.9 Å². The van der Waals surface area contributed by atoms with Gasteiger partial charge in [0, 0.05) is 29.0 Å². The Hall–Kier alpha value is -3.97. The number of methoxy groups -OCH3 is 1. The highest BCUT2D eigenvalue weighted by Gasteiger charge is 2.16. The summed E-state index contributed by atoms with van der Waals surface area (Å²) < 4.78 is 11.8. The summed E-state index contributed by atoms with van der Waals surface area (Å²) in [6.07, 6.45) is 0.437. The summed E-state index contributed by atoms with van der Waals surface area (Å²) in [5.74, 6) is 0.441. The first-order chi connectivity index (χ1) is 16.5. The summed E-state index contributed by atoms with van der Waals surface area (Å²) in [6.45, 7) is 1.88. The highest BCUT2D eigenvalue weighted by Crippen LogP contribution is 2.34. The Morgan fingerprint density at radius 2 is 1.88 bits per heavy atom. The second-order valence-corrected chi connectivity index (χ2v) is 8.97. The van der Waals surface area contributed by atoms with Crippen molar-refractivity contribution in [2.24, 2.45) is 0 Å². The largest absolute Gasteiger partial charge is 0.497 e. The molecular formula is C27H22N2O4S. The summed E-state index contributed by atoms with van der Waals surface area (Å²) in [6, 6.07) is 21.0. The lowest BCUT2D eigenvalue weighted by Gasteiger charge is -2.11. The van der Waals surface area contributed by atoms with Crippen LogP contribution in [0.5, 0.6) is 5.75 Å². The van der Waals surface area contributed by atoms with Gasteiger partial charge in [0.25, 0.3) is 0 Å². The topological polar surface area (TPSA) is 81.4 Å². The summed E-state index contributed by atoms with van der Waals surface area (Å²) >= 11 is 1.58. The van der Waals surface area contributed by atoms with Crippen LogP contribution in [0.1, 0.15) is 17.5 Å². The van der Waals surface area contributed by atoms with Crippen LogP contribution in [-0.2, 0) is 11.2 Å². The SMILES string of the molecule is COc1ccc2c(C)c(CCC(=O)Nc3ccccc3-c3nc4ccccc4s3)c(=O)oc2c1. The minimum absolute atomic E-state index is 0.154. The number of aromatic nitrogens is 1. The van der Waals surface area contributed by atoms with Crippen molar-refractivity contribution in [1.82, 2.24) is 4.98 Å². The molecule has 1 N–H and O–H groups in total. The molecule has 0 atom stereocenters. The Morgan fingerprint density at radius 1 is 1.09 bits per heavy atom. The molecule has 3 aromatic carbocycles. The van der Waals surface area contributed by atoms with E-state index in [1.54, 1.807) is 24.5 Å². The van der Waals surface area contributed by atoms with Crippen LogP contribution in [0, 0.1) is 6.92 Å². The van der Waals surface area contributed by atoms with E-state index in [1.807, 2.05) is 67.6 Å². The number of benzene rings is 3. The van der Waals surface area contributed by atoms with Crippen LogP contribution >= 0.6 is 11.3 Å². The fraction of sp³-hybridized carbons (Fsp3) is 0.148. The molecule has 0 aliphatic heterocycles. The first-order valence-corrected chi connectivity index (χ1v) is 11.7. The maximum absolute atomic E-state index is 12.8. The summed E-state index contributed by atoms with van der Waals surface area (Å²) in [7, 11) is 1.56. The number of thiazole rings is 1. The summed E-state index contributed by atoms with van der Waals surface area (Å²) in [5.41, 5.74) is 3.86. The molecule has 6 nitrogen and oxygen atoms in total. The molecule has 1 amide bonds. The molecule has 0 aliphatic rings. The van der Waals surface area contributed by atoms with Crippen LogP contribution in [0.25, 0.3) is 31.8 Å². The number of para-hydroxylation sites is 2. The fourth-order valence-corrected chi connectivity index (χ4v) is 5.01. The molecule has 34 heavy (non-hydrogen) atoms. The average molecular weight is 471 g/mol. The number of nitrogens with zero attached hydrogens (tertiary/aromatic N) is 1. The third kappa shape index (κ3) is 4.18. The van der Waals surface area contributed by atoms with Crippen molar-refractivity contribution < 1.29 is 13.9 Å². The molecule has 0 fully saturated rings. The molecule has 0 spiro atoms. The van der Waals surface area contributed by atoms with E-state index in [2.05, 4.69) is 5.32 Å². The van der Waals surface area contributed by atoms with Crippen molar-refractivity contribution in [2.45, 2.75) is 19.8 Å². The quantitative estimate of drug-likeness (QED) is 0.310. The fourth-order valence-electron chi connectivity index (χ4n) is 4.01. The van der Waals surface area contributed by atoms with Gasteiger partial charge in [-0.15, -0.1) is 11.3 Å². The minimum Gasteiger partial charge on any atom is -0.497 e. The predicted molar refractivity (Wildman–Crippen MR) is 136 cm³/mol. The van der Waals surface area contributed by atoms with Crippen molar-refractivity contribution in [3.63, 3.8) is 0 Å². The number of hydrogen-bond acceptors (Lipinski definition) is 6. The monoisotopic (exact) mass is 470 g/mol. The van der Waals surface area contributed by atoms with Gasteiger partial charge in [0.2, 0.25) is 5.91 Å². The average Bonchev–Trinajstić information content (AvgIpc) is 3.28. The van der Waals surface area contributed by atoms with Gasteiger partial charge in [0.15, 0.2) is 0 Å². The summed E-state index contributed by atoms with van der Waals surface area (Å²) in [4.78, 5) is 30.2. The normalized spacial score (nSPS) is 11.1. The number of anilines is 1. The summed E-state index contributed by atoms with van der Waals surface area (Å²) in [5, 5.41) is 4.67. The smallest absolute Gasteiger partial charge is 0.339 e. The number of hydrogen-bond donors (Lipinski definition) is 1. The van der Waals surface area contributed by atoms with E-state index in [4.69, 9.17) is 14.1 Å². The van der Waals surface area contributed by atoms with E-state index >= 15 is 0 Å². The van der Waals surface area contributed by atoms with Gasteiger partial charge in [-0.2, -0.15) is 0 Å². The first kappa shape index (κ1) is 21.9. The van der Waals surface area contributed by atoms with Gasteiger partial charge in [-0.1, -0.05) is 24.3 Å². The molecule has 5 aromatic rings. The van der Waals surface area contributed by atoms with Crippen molar-refractivity contribution in [3.8, 4) is 16.3 Å². The van der Waals surface area contributed by atoms with E-state index < -0.39 is 5.63 Å². The Labute approximate surface area is 199 Å². The zero-order chi connectivity index (χ0) is 23.7. The van der Waals surface area contributed by atoms with Gasteiger partial charge < -0.3 is 14.5 Å². The molecule has 170 valence electrons. The molecule has 0 bridgehead atoms. The molecule has 0 unspecified atom stereocenters. The third-order valence-electron chi connectivity index (χ3n) is 5.82. The zero-order valence-electron chi connectivity index (χ0n) is 18.8. The number of amides is 1. The molecule has 2 heterocycles. The standard InChI is InChI=1S/C27H22N2O4S/c1-16-18-12-11-17(32-2)15-23(18)33-27(31)19(16)13-14-25(30)28-21-8-4-3-7-20(21)26-29-22-9-5-6-10-24(22)34-26/h3-12,15H,13-14H2,1-2H3,(H,28,30). The van der Waals surface area contributed by atoms with Crippen molar-refractivity contribution in [2.75, 3.05) is 12.4 Å². The van der Waals surface area contributed by atoms with Crippen LogP contribution in [0.4, 0.5) is 5.69 Å². The number of fused-ring (bicyclic) bond motifs is 2. The number of carbonyl (C=O) groups excluding carboxylic acids is 1. The van der Waals surface area contributed by atoms with Gasteiger partial charge in [0.05, 0.1) is 23.0 Å². The van der Waals surface area contributed by atoms with E-state index in [-0.39, 0.29) is 18.7 Å². The van der Waals surface area contributed by atoms with E-state index in [0.717, 1.165) is 31.7 Å². The lowest BCUT2D eigenvalue weighted by atomic mass is 10.0. The van der Waals surface area contributed by atoms with Crippen LogP contribution in [0.3, 0.4) is 0 Å². The predicted octanol–water partition coefficient (Wildman–Crippen LogP) is 5.96. The Bertz CT molecular complexity index is 1550. The molecule has 0 saturated carbocycles. The molecule has 0 saturated heterocycles. The second kappa shape index (κ2) is 9.11. The van der Waals surface area contributed by atoms with Gasteiger partial charge in [-0.05, 0) is 55.3 Å². The Kier molecular flexibility index (Phi) is 5.86. The van der Waals surface area contributed by atoms with Crippen molar-refractivity contribution in [1.29, 1.82) is 0 Å². The third-order valence-corrected chi connectivity index (χ3v) is 6.89. The second-order valence-electron chi connectivity index (χ2n) is 7.94. The van der Waals surface area contributed by atoms with E-state index in [0.29, 0.717) is 22.6 Å². The molecule has 0 radical (unpaired) electrons. The highest BCUT2D eigenvalue weighted by molar-refractivity contribution is 7.21. The van der Waals surface area contributed by atoms with Gasteiger partial charge >= 0.3 is 5.63 Å². The number of nitrogens with one attached hydrogen (secondary N) is 1. The van der Waals surface area contributed by atoms with Crippen molar-refractivity contribution >= 4 is 44.1 Å². The van der Waals surface area contributed by atoms with E-state index in [1.165, 1.54) is 0 Å². The number of aryl methyl sites for hydroxylation is 1. The molecule has 7 heteroatoms.